The number of benzene rings is 2. The Balaban J connectivity index is 1.39. The van der Waals surface area contributed by atoms with Gasteiger partial charge < -0.3 is 14.8 Å². The lowest BCUT2D eigenvalue weighted by molar-refractivity contribution is -0.0621. The van der Waals surface area contributed by atoms with Crippen LogP contribution in [0.2, 0.25) is 5.02 Å². The molecule has 136 valence electrons. The minimum Gasteiger partial charge on any atom is -0.490 e. The zero-order valence-corrected chi connectivity index (χ0v) is 15.4. The average molecular weight is 371 g/mol. The number of aliphatic hydroxyl groups is 1. The molecule has 1 unspecified atom stereocenters. The Morgan fingerprint density at radius 2 is 2.12 bits per heavy atom. The molecule has 4 nitrogen and oxygen atoms in total. The number of aromatic amines is 1. The van der Waals surface area contributed by atoms with E-state index in [1.807, 2.05) is 24.4 Å². The molecular weight excluding hydrogens is 348 g/mol. The summed E-state index contributed by atoms with van der Waals surface area (Å²) in [5.41, 5.74) is 1.58. The third kappa shape index (κ3) is 4.04. The molecule has 4 rings (SSSR count). The third-order valence-electron chi connectivity index (χ3n) is 4.96. The molecule has 0 radical (unpaired) electrons. The van der Waals surface area contributed by atoms with Crippen molar-refractivity contribution in [3.63, 3.8) is 0 Å². The predicted octanol–water partition coefficient (Wildman–Crippen LogP) is 4.23. The van der Waals surface area contributed by atoms with Gasteiger partial charge in [0.2, 0.25) is 0 Å². The molecule has 0 bridgehead atoms. The maximum atomic E-state index is 11.0. The number of aromatic nitrogens is 1. The summed E-state index contributed by atoms with van der Waals surface area (Å²) in [5.74, 6) is 0.695. The first-order valence-corrected chi connectivity index (χ1v) is 9.37. The second-order valence-electron chi connectivity index (χ2n) is 7.18. The van der Waals surface area contributed by atoms with Gasteiger partial charge in [-0.3, -0.25) is 4.90 Å². The van der Waals surface area contributed by atoms with Crippen LogP contribution in [0.5, 0.6) is 5.75 Å². The van der Waals surface area contributed by atoms with Gasteiger partial charge in [0.15, 0.2) is 0 Å². The van der Waals surface area contributed by atoms with E-state index in [-0.39, 0.29) is 6.61 Å². The molecule has 0 spiro atoms. The number of fused-ring (bicyclic) bond motifs is 1. The van der Waals surface area contributed by atoms with E-state index in [0.29, 0.717) is 17.3 Å². The van der Waals surface area contributed by atoms with E-state index in [9.17, 15) is 5.11 Å². The van der Waals surface area contributed by atoms with Gasteiger partial charge >= 0.3 is 0 Å². The first-order chi connectivity index (χ1) is 12.6. The van der Waals surface area contributed by atoms with Crippen LogP contribution >= 0.6 is 11.6 Å². The molecule has 1 atom stereocenters. The quantitative estimate of drug-likeness (QED) is 0.706. The smallest absolute Gasteiger partial charge is 0.120 e. The van der Waals surface area contributed by atoms with E-state index >= 15 is 0 Å². The van der Waals surface area contributed by atoms with Crippen molar-refractivity contribution >= 4 is 22.5 Å². The van der Waals surface area contributed by atoms with E-state index in [1.54, 1.807) is 6.07 Å². The van der Waals surface area contributed by atoms with Crippen molar-refractivity contribution < 1.29 is 9.84 Å². The fourth-order valence-corrected chi connectivity index (χ4v) is 3.87. The summed E-state index contributed by atoms with van der Waals surface area (Å²) < 4.78 is 5.81. The van der Waals surface area contributed by atoms with Crippen LogP contribution in [0.15, 0.2) is 54.7 Å². The van der Waals surface area contributed by atoms with Crippen molar-refractivity contribution in [1.82, 2.24) is 9.88 Å². The molecule has 0 saturated carbocycles. The standard InChI is InChI=1S/C21H23ClN2O2/c22-18-3-1-4-19(12-18)26-15-21(25)8-2-10-24(14-21)13-16-5-6-20-17(11-16)7-9-23-20/h1,3-7,9,11-12,23,25H,2,8,10,13-15H2. The molecule has 5 heteroatoms. The van der Waals surface area contributed by atoms with Crippen molar-refractivity contribution in [3.05, 3.63) is 65.3 Å². The largest absolute Gasteiger partial charge is 0.490 e. The van der Waals surface area contributed by atoms with E-state index in [2.05, 4.69) is 34.1 Å². The topological polar surface area (TPSA) is 48.5 Å². The van der Waals surface area contributed by atoms with Crippen LogP contribution in [0.4, 0.5) is 0 Å². The highest BCUT2D eigenvalue weighted by atomic mass is 35.5. The molecule has 0 amide bonds. The van der Waals surface area contributed by atoms with Gasteiger partial charge in [0, 0.05) is 29.8 Å². The zero-order valence-electron chi connectivity index (χ0n) is 14.6. The minimum absolute atomic E-state index is 0.278. The van der Waals surface area contributed by atoms with Crippen LogP contribution < -0.4 is 4.74 Å². The highest BCUT2D eigenvalue weighted by molar-refractivity contribution is 6.30. The molecule has 1 aliphatic heterocycles. The Labute approximate surface area is 158 Å². The number of β-amino-alcohol motifs (C(OH)–C–C–N with tert-alkyl or cyclic N) is 1. The summed E-state index contributed by atoms with van der Waals surface area (Å²) >= 11 is 5.99. The SMILES string of the molecule is OC1(COc2cccc(Cl)c2)CCCN(Cc2ccc3[nH]ccc3c2)C1. The van der Waals surface area contributed by atoms with Gasteiger partial charge in [-0.05, 0) is 66.7 Å². The molecule has 26 heavy (non-hydrogen) atoms. The summed E-state index contributed by atoms with van der Waals surface area (Å²) in [6.45, 7) is 2.71. The van der Waals surface area contributed by atoms with Crippen LogP contribution in [0.1, 0.15) is 18.4 Å². The molecular formula is C21H23ClN2O2. The zero-order chi connectivity index (χ0) is 18.0. The van der Waals surface area contributed by atoms with E-state index in [4.69, 9.17) is 16.3 Å². The number of nitrogens with zero attached hydrogens (tertiary/aromatic N) is 1. The van der Waals surface area contributed by atoms with E-state index < -0.39 is 5.60 Å². The summed E-state index contributed by atoms with van der Waals surface area (Å²) in [5, 5.41) is 12.8. The van der Waals surface area contributed by atoms with E-state index in [1.165, 1.54) is 10.9 Å². The highest BCUT2D eigenvalue weighted by Gasteiger charge is 2.34. The summed E-state index contributed by atoms with van der Waals surface area (Å²) in [6, 6.07) is 15.9. The van der Waals surface area contributed by atoms with Crippen molar-refractivity contribution in [1.29, 1.82) is 0 Å². The maximum Gasteiger partial charge on any atom is 0.120 e. The van der Waals surface area contributed by atoms with Gasteiger partial charge in [0.25, 0.3) is 0 Å². The van der Waals surface area contributed by atoms with Crippen LogP contribution in [0.25, 0.3) is 10.9 Å². The second-order valence-corrected chi connectivity index (χ2v) is 7.62. The summed E-state index contributed by atoms with van der Waals surface area (Å²) in [7, 11) is 0. The number of H-pyrrole nitrogens is 1. The van der Waals surface area contributed by atoms with Crippen molar-refractivity contribution in [2.24, 2.45) is 0 Å². The fraction of sp³-hybridized carbons (Fsp3) is 0.333. The van der Waals surface area contributed by atoms with Crippen LogP contribution in [0, 0.1) is 0 Å². The number of halogens is 1. The molecule has 0 aliphatic carbocycles. The summed E-state index contributed by atoms with van der Waals surface area (Å²) in [4.78, 5) is 5.52. The van der Waals surface area contributed by atoms with Gasteiger partial charge in [0.05, 0.1) is 0 Å². The molecule has 1 saturated heterocycles. The van der Waals surface area contributed by atoms with Gasteiger partial charge in [0.1, 0.15) is 18.0 Å². The lowest BCUT2D eigenvalue weighted by Gasteiger charge is -2.39. The lowest BCUT2D eigenvalue weighted by Crippen LogP contribution is -2.51. The number of likely N-dealkylation sites (tertiary alicyclic amines) is 1. The van der Waals surface area contributed by atoms with Gasteiger partial charge in [-0.25, -0.2) is 0 Å². The van der Waals surface area contributed by atoms with Crippen LogP contribution in [-0.4, -0.2) is 40.3 Å². The number of ether oxygens (including phenoxy) is 1. The molecule has 2 aromatic carbocycles. The number of hydrogen-bond donors (Lipinski definition) is 2. The normalized spacial score (nSPS) is 21.2. The molecule has 2 N–H and O–H groups in total. The maximum absolute atomic E-state index is 11.0. The van der Waals surface area contributed by atoms with Gasteiger partial charge in [-0.15, -0.1) is 0 Å². The molecule has 3 aromatic rings. The highest BCUT2D eigenvalue weighted by Crippen LogP contribution is 2.26. The Morgan fingerprint density at radius 1 is 1.19 bits per heavy atom. The summed E-state index contributed by atoms with van der Waals surface area (Å²) in [6.07, 6.45) is 3.67. The minimum atomic E-state index is -0.835. The van der Waals surface area contributed by atoms with Crippen LogP contribution in [0.3, 0.4) is 0 Å². The Kier molecular flexibility index (Phi) is 4.90. The fourth-order valence-electron chi connectivity index (χ4n) is 3.69. The molecule has 1 aliphatic rings. The molecule has 1 fully saturated rings. The van der Waals surface area contributed by atoms with Crippen LogP contribution in [-0.2, 0) is 6.54 Å². The lowest BCUT2D eigenvalue weighted by atomic mass is 9.93. The van der Waals surface area contributed by atoms with Crippen molar-refractivity contribution in [2.45, 2.75) is 25.0 Å². The number of hydrogen-bond acceptors (Lipinski definition) is 3. The Morgan fingerprint density at radius 3 is 3.00 bits per heavy atom. The third-order valence-corrected chi connectivity index (χ3v) is 5.20. The van der Waals surface area contributed by atoms with Gasteiger partial charge in [-0.2, -0.15) is 0 Å². The second kappa shape index (κ2) is 7.31. The average Bonchev–Trinajstić information content (AvgIpc) is 3.08. The van der Waals surface area contributed by atoms with Crippen molar-refractivity contribution in [3.8, 4) is 5.75 Å². The number of piperidine rings is 1. The van der Waals surface area contributed by atoms with Crippen molar-refractivity contribution in [2.75, 3.05) is 19.7 Å². The predicted molar refractivity (Wildman–Crippen MR) is 105 cm³/mol. The van der Waals surface area contributed by atoms with Gasteiger partial charge in [-0.1, -0.05) is 23.7 Å². The number of nitrogens with one attached hydrogen (secondary N) is 1. The molecule has 1 aromatic heterocycles. The number of rotatable bonds is 5. The first-order valence-electron chi connectivity index (χ1n) is 8.99. The Hall–Kier alpha value is -2.01. The molecule has 2 heterocycles. The Bertz CT molecular complexity index is 894. The van der Waals surface area contributed by atoms with E-state index in [0.717, 1.165) is 31.4 Å². The monoisotopic (exact) mass is 370 g/mol. The first kappa shape index (κ1) is 17.4.